The number of aromatic nitrogens is 1. The van der Waals surface area contributed by atoms with Crippen molar-refractivity contribution >= 4 is 0 Å². The van der Waals surface area contributed by atoms with Crippen molar-refractivity contribution in [3.05, 3.63) is 23.9 Å². The lowest BCUT2D eigenvalue weighted by Crippen LogP contribution is -2.28. The second-order valence-corrected chi connectivity index (χ2v) is 3.72. The molecule has 3 heteroatoms. The molecular formula is C11H16N2O. The molecule has 0 amide bonds. The topological polar surface area (TPSA) is 34.1 Å². The third kappa shape index (κ3) is 2.45. The summed E-state index contributed by atoms with van der Waals surface area (Å²) in [7, 11) is 0. The van der Waals surface area contributed by atoms with Gasteiger partial charge in [-0.05, 0) is 32.4 Å². The third-order valence-electron chi connectivity index (χ3n) is 2.46. The van der Waals surface area contributed by atoms with E-state index in [4.69, 9.17) is 4.74 Å². The van der Waals surface area contributed by atoms with Gasteiger partial charge in [0.15, 0.2) is 0 Å². The Labute approximate surface area is 84.5 Å². The predicted octanol–water partition coefficient (Wildman–Crippen LogP) is 1.52. The normalized spacial score (nSPS) is 21.1. The molecule has 0 aromatic carbocycles. The van der Waals surface area contributed by atoms with E-state index in [0.717, 1.165) is 24.7 Å². The Balaban J connectivity index is 1.85. The molecule has 1 atom stereocenters. The van der Waals surface area contributed by atoms with Crippen molar-refractivity contribution in [2.45, 2.75) is 25.8 Å². The number of nitrogens with one attached hydrogen (secondary N) is 1. The average Bonchev–Trinajstić information content (AvgIpc) is 2.67. The van der Waals surface area contributed by atoms with Crippen LogP contribution in [0, 0.1) is 6.92 Å². The lowest BCUT2D eigenvalue weighted by atomic mass is 10.2. The third-order valence-corrected chi connectivity index (χ3v) is 2.46. The zero-order valence-electron chi connectivity index (χ0n) is 8.49. The highest BCUT2D eigenvalue weighted by atomic mass is 16.5. The highest BCUT2D eigenvalue weighted by molar-refractivity contribution is 5.14. The Morgan fingerprint density at radius 3 is 3.21 bits per heavy atom. The van der Waals surface area contributed by atoms with Crippen LogP contribution < -0.4 is 10.1 Å². The van der Waals surface area contributed by atoms with Crippen LogP contribution in [0.5, 0.6) is 5.88 Å². The first-order valence-electron chi connectivity index (χ1n) is 5.14. The minimum atomic E-state index is 0.511. The molecule has 1 N–H and O–H groups in total. The molecule has 2 rings (SSSR count). The molecule has 3 nitrogen and oxygen atoms in total. The number of aryl methyl sites for hydroxylation is 1. The number of hydrogen-bond acceptors (Lipinski definition) is 3. The van der Waals surface area contributed by atoms with Crippen LogP contribution in [-0.2, 0) is 0 Å². The van der Waals surface area contributed by atoms with Crippen LogP contribution in [0.4, 0.5) is 0 Å². The van der Waals surface area contributed by atoms with Gasteiger partial charge in [-0.3, -0.25) is 0 Å². The fourth-order valence-electron chi connectivity index (χ4n) is 1.68. The van der Waals surface area contributed by atoms with Gasteiger partial charge in [-0.1, -0.05) is 6.07 Å². The highest BCUT2D eigenvalue weighted by Crippen LogP contribution is 2.10. The van der Waals surface area contributed by atoms with E-state index in [2.05, 4.69) is 10.3 Å². The van der Waals surface area contributed by atoms with Gasteiger partial charge >= 0.3 is 0 Å². The van der Waals surface area contributed by atoms with Crippen LogP contribution in [0.15, 0.2) is 18.2 Å². The number of ether oxygens (including phenoxy) is 1. The van der Waals surface area contributed by atoms with E-state index in [1.54, 1.807) is 0 Å². The lowest BCUT2D eigenvalue weighted by molar-refractivity contribution is 0.267. The minimum absolute atomic E-state index is 0.511. The van der Waals surface area contributed by atoms with Gasteiger partial charge in [-0.15, -0.1) is 0 Å². The van der Waals surface area contributed by atoms with E-state index in [1.165, 1.54) is 12.8 Å². The van der Waals surface area contributed by atoms with Crippen molar-refractivity contribution in [3.63, 3.8) is 0 Å². The van der Waals surface area contributed by atoms with Crippen molar-refractivity contribution in [2.24, 2.45) is 0 Å². The second-order valence-electron chi connectivity index (χ2n) is 3.72. The summed E-state index contributed by atoms with van der Waals surface area (Å²) in [6, 6.07) is 6.36. The minimum Gasteiger partial charge on any atom is -0.476 e. The maximum Gasteiger partial charge on any atom is 0.213 e. The van der Waals surface area contributed by atoms with Gasteiger partial charge in [0.1, 0.15) is 6.61 Å². The molecule has 0 spiro atoms. The summed E-state index contributed by atoms with van der Waals surface area (Å²) >= 11 is 0. The Morgan fingerprint density at radius 2 is 2.50 bits per heavy atom. The van der Waals surface area contributed by atoms with Gasteiger partial charge in [0.2, 0.25) is 5.88 Å². The molecule has 1 aliphatic rings. The van der Waals surface area contributed by atoms with Crippen LogP contribution >= 0.6 is 0 Å². The van der Waals surface area contributed by atoms with Crippen LogP contribution in [-0.4, -0.2) is 24.2 Å². The SMILES string of the molecule is Cc1cccc(OCC2CCCN2)n1. The van der Waals surface area contributed by atoms with E-state index in [1.807, 2.05) is 25.1 Å². The number of pyridine rings is 1. The van der Waals surface area contributed by atoms with Crippen LogP contribution in [0.25, 0.3) is 0 Å². The molecule has 1 fully saturated rings. The molecule has 2 heterocycles. The fraction of sp³-hybridized carbons (Fsp3) is 0.545. The molecule has 14 heavy (non-hydrogen) atoms. The first-order chi connectivity index (χ1) is 6.84. The van der Waals surface area contributed by atoms with Gasteiger partial charge in [0.05, 0.1) is 0 Å². The van der Waals surface area contributed by atoms with Crippen LogP contribution in [0.3, 0.4) is 0 Å². The fourth-order valence-corrected chi connectivity index (χ4v) is 1.68. The van der Waals surface area contributed by atoms with Crippen molar-refractivity contribution in [1.29, 1.82) is 0 Å². The maximum absolute atomic E-state index is 5.60. The van der Waals surface area contributed by atoms with Gasteiger partial charge in [0.25, 0.3) is 0 Å². The molecule has 0 saturated carbocycles. The van der Waals surface area contributed by atoms with E-state index < -0.39 is 0 Å². The van der Waals surface area contributed by atoms with Crippen molar-refractivity contribution in [1.82, 2.24) is 10.3 Å². The molecule has 0 radical (unpaired) electrons. The van der Waals surface area contributed by atoms with E-state index in [-0.39, 0.29) is 0 Å². The summed E-state index contributed by atoms with van der Waals surface area (Å²) in [4.78, 5) is 4.28. The molecule has 0 aliphatic carbocycles. The standard InChI is InChI=1S/C11H16N2O/c1-9-4-2-6-11(13-9)14-8-10-5-3-7-12-10/h2,4,6,10,12H,3,5,7-8H2,1H3. The molecule has 1 aromatic heterocycles. The molecule has 0 bridgehead atoms. The summed E-state index contributed by atoms with van der Waals surface area (Å²) in [6.07, 6.45) is 2.47. The first-order valence-corrected chi connectivity index (χ1v) is 5.14. The Kier molecular flexibility index (Phi) is 2.99. The van der Waals surface area contributed by atoms with Crippen molar-refractivity contribution in [2.75, 3.05) is 13.2 Å². The molecular weight excluding hydrogens is 176 g/mol. The second kappa shape index (κ2) is 4.42. The van der Waals surface area contributed by atoms with E-state index in [0.29, 0.717) is 6.04 Å². The van der Waals surface area contributed by atoms with Crippen LogP contribution in [0.2, 0.25) is 0 Å². The van der Waals surface area contributed by atoms with Gasteiger partial charge in [0, 0.05) is 17.8 Å². The predicted molar refractivity (Wildman–Crippen MR) is 55.5 cm³/mol. The lowest BCUT2D eigenvalue weighted by Gasteiger charge is -2.11. The zero-order chi connectivity index (χ0) is 9.80. The Bertz CT molecular complexity index is 295. The smallest absolute Gasteiger partial charge is 0.213 e. The van der Waals surface area contributed by atoms with Gasteiger partial charge < -0.3 is 10.1 Å². The number of rotatable bonds is 3. The molecule has 1 saturated heterocycles. The van der Waals surface area contributed by atoms with E-state index in [9.17, 15) is 0 Å². The van der Waals surface area contributed by atoms with E-state index >= 15 is 0 Å². The van der Waals surface area contributed by atoms with Crippen LogP contribution in [0.1, 0.15) is 18.5 Å². The molecule has 1 aromatic rings. The molecule has 76 valence electrons. The first kappa shape index (κ1) is 9.46. The summed E-state index contributed by atoms with van der Waals surface area (Å²) in [5.41, 5.74) is 1.00. The monoisotopic (exact) mass is 192 g/mol. The maximum atomic E-state index is 5.60. The molecule has 1 aliphatic heterocycles. The zero-order valence-corrected chi connectivity index (χ0v) is 8.49. The molecule has 1 unspecified atom stereocenters. The Morgan fingerprint density at radius 1 is 1.57 bits per heavy atom. The number of nitrogens with zero attached hydrogens (tertiary/aromatic N) is 1. The van der Waals surface area contributed by atoms with Crippen molar-refractivity contribution in [3.8, 4) is 5.88 Å². The summed E-state index contributed by atoms with van der Waals surface area (Å²) in [5.74, 6) is 0.735. The number of hydrogen-bond donors (Lipinski definition) is 1. The summed E-state index contributed by atoms with van der Waals surface area (Å²) in [5, 5.41) is 3.39. The largest absolute Gasteiger partial charge is 0.476 e. The Hall–Kier alpha value is -1.09. The quantitative estimate of drug-likeness (QED) is 0.788. The van der Waals surface area contributed by atoms with Gasteiger partial charge in [-0.2, -0.15) is 0 Å². The highest BCUT2D eigenvalue weighted by Gasteiger charge is 2.14. The summed E-state index contributed by atoms with van der Waals surface area (Å²) in [6.45, 7) is 3.83. The van der Waals surface area contributed by atoms with Crippen molar-refractivity contribution < 1.29 is 4.74 Å². The van der Waals surface area contributed by atoms with Gasteiger partial charge in [-0.25, -0.2) is 4.98 Å². The average molecular weight is 192 g/mol. The summed E-state index contributed by atoms with van der Waals surface area (Å²) < 4.78 is 5.60.